The number of ether oxygens (including phenoxy) is 3. The SMILES string of the molecule is COc1cc2c(cc1O)C=C[C@@H]1CCCN1C2=O.COc1cc2c(cc1OCc1ccccc1)C=C[C@@H]1CCCN1C2=O. The number of aromatic hydroxyl groups is 1. The number of amides is 2. The molecule has 0 radical (unpaired) electrons. The first-order chi connectivity index (χ1) is 21.0. The molecular weight excluding hydrogens is 544 g/mol. The number of benzene rings is 3. The van der Waals surface area contributed by atoms with Gasteiger partial charge in [-0.05, 0) is 66.6 Å². The van der Waals surface area contributed by atoms with Gasteiger partial charge in [-0.15, -0.1) is 0 Å². The van der Waals surface area contributed by atoms with Crippen LogP contribution in [0.25, 0.3) is 12.2 Å². The van der Waals surface area contributed by atoms with Gasteiger partial charge in [-0.2, -0.15) is 0 Å². The average Bonchev–Trinajstić information content (AvgIpc) is 3.66. The topological polar surface area (TPSA) is 88.5 Å². The average molecular weight is 581 g/mol. The lowest BCUT2D eigenvalue weighted by Gasteiger charge is -2.21. The van der Waals surface area contributed by atoms with Crippen molar-refractivity contribution < 1.29 is 28.9 Å². The fraction of sp³-hybridized carbons (Fsp3) is 0.314. The maximum absolute atomic E-state index is 12.9. The van der Waals surface area contributed by atoms with E-state index in [1.54, 1.807) is 19.2 Å². The molecule has 2 saturated heterocycles. The number of fused-ring (bicyclic) bond motifs is 4. The first-order valence-electron chi connectivity index (χ1n) is 14.7. The third-order valence-corrected chi connectivity index (χ3v) is 8.50. The smallest absolute Gasteiger partial charge is 0.255 e. The fourth-order valence-electron chi connectivity index (χ4n) is 6.21. The van der Waals surface area contributed by atoms with Gasteiger partial charge in [-0.1, -0.05) is 54.6 Å². The van der Waals surface area contributed by atoms with Gasteiger partial charge < -0.3 is 29.1 Å². The number of methoxy groups -OCH3 is 2. The molecule has 0 unspecified atom stereocenters. The minimum absolute atomic E-state index is 0.0239. The predicted molar refractivity (Wildman–Crippen MR) is 165 cm³/mol. The van der Waals surface area contributed by atoms with Crippen LogP contribution in [0.1, 0.15) is 63.1 Å². The molecule has 0 bridgehead atoms. The molecule has 8 nitrogen and oxygen atoms in total. The maximum atomic E-state index is 12.9. The summed E-state index contributed by atoms with van der Waals surface area (Å²) in [6.45, 7) is 2.08. The summed E-state index contributed by atoms with van der Waals surface area (Å²) in [7, 11) is 3.09. The molecule has 0 saturated carbocycles. The van der Waals surface area contributed by atoms with Crippen LogP contribution < -0.4 is 14.2 Å². The van der Waals surface area contributed by atoms with E-state index in [-0.39, 0.29) is 29.6 Å². The van der Waals surface area contributed by atoms with E-state index in [1.165, 1.54) is 7.11 Å². The third-order valence-electron chi connectivity index (χ3n) is 8.50. The zero-order valence-electron chi connectivity index (χ0n) is 24.5. The Hall–Kier alpha value is -4.72. The quantitative estimate of drug-likeness (QED) is 0.402. The summed E-state index contributed by atoms with van der Waals surface area (Å²) in [4.78, 5) is 29.2. The molecule has 1 N–H and O–H groups in total. The molecule has 0 aliphatic carbocycles. The molecule has 3 aromatic carbocycles. The lowest BCUT2D eigenvalue weighted by Crippen LogP contribution is -2.33. The van der Waals surface area contributed by atoms with Gasteiger partial charge in [0.05, 0.1) is 37.4 Å². The minimum Gasteiger partial charge on any atom is -0.504 e. The Kier molecular flexibility index (Phi) is 8.09. The highest BCUT2D eigenvalue weighted by atomic mass is 16.5. The van der Waals surface area contributed by atoms with E-state index < -0.39 is 0 Å². The molecule has 7 rings (SSSR count). The fourth-order valence-corrected chi connectivity index (χ4v) is 6.21. The molecule has 8 heteroatoms. The van der Waals surface area contributed by atoms with Crippen LogP contribution in [0.3, 0.4) is 0 Å². The first kappa shape index (κ1) is 28.4. The van der Waals surface area contributed by atoms with Crippen molar-refractivity contribution in [3.8, 4) is 23.0 Å². The summed E-state index contributed by atoms with van der Waals surface area (Å²) in [6.07, 6.45) is 12.3. The van der Waals surface area contributed by atoms with E-state index in [0.717, 1.165) is 55.5 Å². The Balaban J connectivity index is 0.000000162. The van der Waals surface area contributed by atoms with Gasteiger partial charge in [-0.25, -0.2) is 0 Å². The van der Waals surface area contributed by atoms with Crippen LogP contribution >= 0.6 is 0 Å². The van der Waals surface area contributed by atoms with Gasteiger partial charge >= 0.3 is 0 Å². The largest absolute Gasteiger partial charge is 0.504 e. The van der Waals surface area contributed by atoms with Crippen molar-refractivity contribution in [2.24, 2.45) is 0 Å². The lowest BCUT2D eigenvalue weighted by atomic mass is 10.0. The Morgan fingerprint density at radius 2 is 1.30 bits per heavy atom. The van der Waals surface area contributed by atoms with E-state index >= 15 is 0 Å². The lowest BCUT2D eigenvalue weighted by molar-refractivity contribution is 0.0755. The van der Waals surface area contributed by atoms with Crippen molar-refractivity contribution in [3.63, 3.8) is 0 Å². The van der Waals surface area contributed by atoms with E-state index in [2.05, 4.69) is 6.08 Å². The molecule has 2 atom stereocenters. The third kappa shape index (κ3) is 5.69. The van der Waals surface area contributed by atoms with Crippen molar-refractivity contribution >= 4 is 24.0 Å². The number of nitrogens with zero attached hydrogens (tertiary/aromatic N) is 2. The highest BCUT2D eigenvalue weighted by Crippen LogP contribution is 2.36. The Morgan fingerprint density at radius 3 is 1.88 bits per heavy atom. The van der Waals surface area contributed by atoms with Gasteiger partial charge in [-0.3, -0.25) is 9.59 Å². The molecule has 4 heterocycles. The molecule has 0 aromatic heterocycles. The number of phenols is 1. The van der Waals surface area contributed by atoms with Crippen molar-refractivity contribution in [1.82, 2.24) is 9.80 Å². The van der Waals surface area contributed by atoms with Gasteiger partial charge in [0.15, 0.2) is 23.0 Å². The molecule has 0 spiro atoms. The molecule has 222 valence electrons. The van der Waals surface area contributed by atoms with Crippen molar-refractivity contribution in [2.75, 3.05) is 27.3 Å². The highest BCUT2D eigenvalue weighted by molar-refractivity contribution is 6.01. The van der Waals surface area contributed by atoms with E-state index in [0.29, 0.717) is 35.0 Å². The van der Waals surface area contributed by atoms with Crippen LogP contribution in [0.4, 0.5) is 0 Å². The summed E-state index contributed by atoms with van der Waals surface area (Å²) in [5, 5.41) is 9.76. The van der Waals surface area contributed by atoms with Crippen LogP contribution in [0.5, 0.6) is 23.0 Å². The molecular formula is C35H36N2O6. The zero-order valence-corrected chi connectivity index (χ0v) is 24.5. The summed E-state index contributed by atoms with van der Waals surface area (Å²) in [5.41, 5.74) is 4.03. The van der Waals surface area contributed by atoms with Crippen LogP contribution in [0.2, 0.25) is 0 Å². The van der Waals surface area contributed by atoms with Gasteiger partial charge in [0.25, 0.3) is 11.8 Å². The summed E-state index contributed by atoms with van der Waals surface area (Å²) >= 11 is 0. The Bertz CT molecular complexity index is 1580. The Morgan fingerprint density at radius 1 is 0.744 bits per heavy atom. The number of hydrogen-bond acceptors (Lipinski definition) is 6. The van der Waals surface area contributed by atoms with E-state index in [4.69, 9.17) is 14.2 Å². The molecule has 3 aromatic rings. The van der Waals surface area contributed by atoms with Crippen LogP contribution in [0.15, 0.2) is 66.7 Å². The molecule has 43 heavy (non-hydrogen) atoms. The van der Waals surface area contributed by atoms with Crippen LogP contribution in [0, 0.1) is 0 Å². The zero-order chi connectivity index (χ0) is 29.9. The number of rotatable bonds is 5. The second-order valence-electron chi connectivity index (χ2n) is 11.1. The first-order valence-corrected chi connectivity index (χ1v) is 14.7. The Labute approximate surface area is 251 Å². The monoisotopic (exact) mass is 580 g/mol. The second kappa shape index (κ2) is 12.3. The van der Waals surface area contributed by atoms with Crippen molar-refractivity contribution in [2.45, 2.75) is 44.4 Å². The summed E-state index contributed by atoms with van der Waals surface area (Å²) in [6, 6.07) is 17.3. The number of phenolic OH excluding ortho intramolecular Hbond substituents is 1. The molecule has 2 amide bonds. The molecule has 4 aliphatic rings. The van der Waals surface area contributed by atoms with E-state index in [1.807, 2.05) is 70.5 Å². The van der Waals surface area contributed by atoms with E-state index in [9.17, 15) is 14.7 Å². The minimum atomic E-state index is 0.0239. The van der Waals surface area contributed by atoms with Gasteiger partial charge in [0.1, 0.15) is 6.61 Å². The van der Waals surface area contributed by atoms with Crippen LogP contribution in [-0.2, 0) is 6.61 Å². The summed E-state index contributed by atoms with van der Waals surface area (Å²) < 4.78 is 16.5. The standard InChI is InChI=1S/C21H21NO3.C14H15NO3/c1-24-19-13-18-16(9-10-17-8-5-11-22(17)21(18)23)12-20(19)25-14-15-6-3-2-4-7-15;1-18-13-8-11-9(7-12(13)16)4-5-10-3-2-6-15(10)14(11)17/h2-4,6-7,9-10,12-13,17H,5,8,11,14H2,1H3;4-5,7-8,10,16H,2-3,6H2,1H3/t17-;10-/m00/s1. The number of hydrogen-bond donors (Lipinski definition) is 1. The van der Waals surface area contributed by atoms with Crippen molar-refractivity contribution in [1.29, 1.82) is 0 Å². The van der Waals surface area contributed by atoms with Crippen LogP contribution in [-0.4, -0.2) is 66.1 Å². The van der Waals surface area contributed by atoms with Gasteiger partial charge in [0, 0.05) is 13.1 Å². The highest BCUT2D eigenvalue weighted by Gasteiger charge is 2.32. The number of carbonyl (C=O) groups is 2. The second-order valence-corrected chi connectivity index (χ2v) is 11.1. The number of carbonyl (C=O) groups excluding carboxylic acids is 2. The molecule has 4 aliphatic heterocycles. The predicted octanol–water partition coefficient (Wildman–Crippen LogP) is 5.94. The van der Waals surface area contributed by atoms with Crippen molar-refractivity contribution in [3.05, 3.63) is 94.6 Å². The van der Waals surface area contributed by atoms with Gasteiger partial charge in [0.2, 0.25) is 0 Å². The summed E-state index contributed by atoms with van der Waals surface area (Å²) in [5.74, 6) is 1.76. The normalized spacial score (nSPS) is 19.8. The maximum Gasteiger partial charge on any atom is 0.255 e. The molecule has 2 fully saturated rings.